The van der Waals surface area contributed by atoms with Crippen LogP contribution in [-0.2, 0) is 14.3 Å². The number of pyridine rings is 1. The van der Waals surface area contributed by atoms with Gasteiger partial charge in [0, 0.05) is 11.1 Å². The summed E-state index contributed by atoms with van der Waals surface area (Å²) >= 11 is 0. The Bertz CT molecular complexity index is 1300. The van der Waals surface area contributed by atoms with E-state index >= 15 is 0 Å². The van der Waals surface area contributed by atoms with Gasteiger partial charge < -0.3 is 19.8 Å². The molecule has 0 aliphatic carbocycles. The average molecular weight is 447 g/mol. The van der Waals surface area contributed by atoms with Gasteiger partial charge in [0.25, 0.3) is 5.91 Å². The first-order valence-corrected chi connectivity index (χ1v) is 9.92. The van der Waals surface area contributed by atoms with Gasteiger partial charge in [0.15, 0.2) is 12.4 Å². The first-order valence-electron chi connectivity index (χ1n) is 9.92. The maximum absolute atomic E-state index is 12.9. The summed E-state index contributed by atoms with van der Waals surface area (Å²) in [6, 6.07) is 17.2. The number of carbonyl (C=O) groups is 3. The van der Waals surface area contributed by atoms with Crippen LogP contribution >= 0.6 is 0 Å². The van der Waals surface area contributed by atoms with Crippen LogP contribution in [0.3, 0.4) is 0 Å². The van der Waals surface area contributed by atoms with E-state index in [4.69, 9.17) is 9.15 Å². The third-order valence-electron chi connectivity index (χ3n) is 4.62. The SMILES string of the molecule is O=C(COC(=O)c1cc(-c2ccco2)nc2ccccc12)NCC(=O)Nc1ccc(F)cc1. The summed E-state index contributed by atoms with van der Waals surface area (Å²) in [5, 5.41) is 5.44. The molecular formula is C24H18FN3O5. The molecular weight excluding hydrogens is 429 g/mol. The third-order valence-corrected chi connectivity index (χ3v) is 4.62. The summed E-state index contributed by atoms with van der Waals surface area (Å²) in [5.41, 5.74) is 1.64. The van der Waals surface area contributed by atoms with Crippen LogP contribution in [0.4, 0.5) is 10.1 Å². The minimum Gasteiger partial charge on any atom is -0.463 e. The molecule has 2 heterocycles. The summed E-state index contributed by atoms with van der Waals surface area (Å²) in [4.78, 5) is 41.2. The Morgan fingerprint density at radius 2 is 1.76 bits per heavy atom. The highest BCUT2D eigenvalue weighted by atomic mass is 19.1. The Hall–Kier alpha value is -4.53. The normalized spacial score (nSPS) is 10.6. The lowest BCUT2D eigenvalue weighted by Gasteiger charge is -2.10. The zero-order chi connectivity index (χ0) is 23.2. The fourth-order valence-electron chi connectivity index (χ4n) is 3.07. The smallest absolute Gasteiger partial charge is 0.339 e. The van der Waals surface area contributed by atoms with Gasteiger partial charge in [0.05, 0.1) is 23.9 Å². The van der Waals surface area contributed by atoms with Crippen LogP contribution in [0.25, 0.3) is 22.4 Å². The molecule has 0 aliphatic heterocycles. The number of nitrogens with one attached hydrogen (secondary N) is 2. The van der Waals surface area contributed by atoms with E-state index in [1.54, 1.807) is 36.4 Å². The molecule has 166 valence electrons. The van der Waals surface area contributed by atoms with Crippen LogP contribution in [0, 0.1) is 5.82 Å². The Kier molecular flexibility index (Phi) is 6.40. The highest BCUT2D eigenvalue weighted by Crippen LogP contribution is 2.25. The lowest BCUT2D eigenvalue weighted by atomic mass is 10.1. The van der Waals surface area contributed by atoms with Gasteiger partial charge in [-0.2, -0.15) is 0 Å². The van der Waals surface area contributed by atoms with E-state index in [0.29, 0.717) is 28.0 Å². The molecule has 33 heavy (non-hydrogen) atoms. The third kappa shape index (κ3) is 5.40. The zero-order valence-corrected chi connectivity index (χ0v) is 17.2. The molecule has 4 rings (SSSR count). The van der Waals surface area contributed by atoms with Crippen molar-refractivity contribution in [1.82, 2.24) is 10.3 Å². The van der Waals surface area contributed by atoms with E-state index < -0.39 is 30.2 Å². The minimum atomic E-state index is -0.715. The number of fused-ring (bicyclic) bond motifs is 1. The molecule has 0 bridgehead atoms. The summed E-state index contributed by atoms with van der Waals surface area (Å²) < 4.78 is 23.4. The number of furan rings is 1. The van der Waals surface area contributed by atoms with Crippen LogP contribution in [-0.4, -0.2) is 35.9 Å². The van der Waals surface area contributed by atoms with Crippen molar-refractivity contribution in [2.45, 2.75) is 0 Å². The number of anilines is 1. The van der Waals surface area contributed by atoms with Crippen LogP contribution < -0.4 is 10.6 Å². The number of carbonyl (C=O) groups excluding carboxylic acids is 3. The van der Waals surface area contributed by atoms with Gasteiger partial charge in [-0.05, 0) is 48.5 Å². The first kappa shape index (κ1) is 21.7. The van der Waals surface area contributed by atoms with E-state index in [2.05, 4.69) is 15.6 Å². The van der Waals surface area contributed by atoms with Crippen molar-refractivity contribution < 1.29 is 27.9 Å². The number of para-hydroxylation sites is 1. The number of nitrogens with zero attached hydrogens (tertiary/aromatic N) is 1. The Morgan fingerprint density at radius 3 is 2.52 bits per heavy atom. The Morgan fingerprint density at radius 1 is 0.970 bits per heavy atom. The Balaban J connectivity index is 1.37. The molecule has 0 spiro atoms. The molecule has 0 fully saturated rings. The molecule has 2 N–H and O–H groups in total. The van der Waals surface area contributed by atoms with Crippen molar-refractivity contribution in [3.63, 3.8) is 0 Å². The van der Waals surface area contributed by atoms with Crippen molar-refractivity contribution in [3.8, 4) is 11.5 Å². The fourth-order valence-corrected chi connectivity index (χ4v) is 3.07. The molecule has 4 aromatic rings. The predicted molar refractivity (Wildman–Crippen MR) is 118 cm³/mol. The summed E-state index contributed by atoms with van der Waals surface area (Å²) in [6.45, 7) is -0.913. The maximum atomic E-state index is 12.9. The van der Waals surface area contributed by atoms with Gasteiger partial charge in [0.1, 0.15) is 11.5 Å². The van der Waals surface area contributed by atoms with E-state index in [9.17, 15) is 18.8 Å². The molecule has 2 aromatic carbocycles. The monoisotopic (exact) mass is 447 g/mol. The largest absolute Gasteiger partial charge is 0.463 e. The standard InChI is InChI=1S/C24H18FN3O5/c25-15-7-9-16(10-8-15)27-22(29)13-26-23(30)14-33-24(31)18-12-20(21-6-3-11-32-21)28-19-5-2-1-4-17(18)19/h1-12H,13-14H2,(H,26,30)(H,27,29). The van der Waals surface area contributed by atoms with Crippen LogP contribution in [0.2, 0.25) is 0 Å². The second-order valence-corrected chi connectivity index (χ2v) is 6.96. The van der Waals surface area contributed by atoms with Gasteiger partial charge in [-0.15, -0.1) is 0 Å². The molecule has 8 nitrogen and oxygen atoms in total. The molecule has 0 aliphatic rings. The highest BCUT2D eigenvalue weighted by Gasteiger charge is 2.17. The number of hydrogen-bond acceptors (Lipinski definition) is 6. The number of amides is 2. The van der Waals surface area contributed by atoms with Crippen molar-refractivity contribution in [2.24, 2.45) is 0 Å². The average Bonchev–Trinajstić information content (AvgIpc) is 3.37. The minimum absolute atomic E-state index is 0.230. The lowest BCUT2D eigenvalue weighted by molar-refractivity contribution is -0.126. The Labute approximate surface area is 187 Å². The number of hydrogen-bond donors (Lipinski definition) is 2. The van der Waals surface area contributed by atoms with E-state index in [1.807, 2.05) is 0 Å². The fraction of sp³-hybridized carbons (Fsp3) is 0.0833. The number of rotatable bonds is 7. The highest BCUT2D eigenvalue weighted by molar-refractivity contribution is 6.05. The molecule has 2 amide bonds. The second-order valence-electron chi connectivity index (χ2n) is 6.96. The predicted octanol–water partition coefficient (Wildman–Crippen LogP) is 3.55. The van der Waals surface area contributed by atoms with E-state index in [0.717, 1.165) is 0 Å². The van der Waals surface area contributed by atoms with Crippen LogP contribution in [0.15, 0.2) is 77.4 Å². The number of halogens is 1. The molecule has 9 heteroatoms. The molecule has 0 radical (unpaired) electrons. The number of ether oxygens (including phenoxy) is 1. The quantitative estimate of drug-likeness (QED) is 0.419. The van der Waals surface area contributed by atoms with Gasteiger partial charge >= 0.3 is 5.97 Å². The van der Waals surface area contributed by atoms with E-state index in [1.165, 1.54) is 36.6 Å². The number of esters is 1. The summed E-state index contributed by atoms with van der Waals surface area (Å²) in [7, 11) is 0. The molecule has 2 aromatic heterocycles. The summed E-state index contributed by atoms with van der Waals surface area (Å²) in [6.07, 6.45) is 1.50. The van der Waals surface area contributed by atoms with Gasteiger partial charge in [-0.3, -0.25) is 9.59 Å². The van der Waals surface area contributed by atoms with Crippen molar-refractivity contribution >= 4 is 34.4 Å². The summed E-state index contributed by atoms with van der Waals surface area (Å²) in [5.74, 6) is -1.82. The first-order chi connectivity index (χ1) is 16.0. The zero-order valence-electron chi connectivity index (χ0n) is 17.2. The maximum Gasteiger partial charge on any atom is 0.339 e. The van der Waals surface area contributed by atoms with Gasteiger partial charge in [0.2, 0.25) is 5.91 Å². The topological polar surface area (TPSA) is 111 Å². The number of benzene rings is 2. The van der Waals surface area contributed by atoms with E-state index in [-0.39, 0.29) is 12.1 Å². The second kappa shape index (κ2) is 9.73. The lowest BCUT2D eigenvalue weighted by Crippen LogP contribution is -2.35. The van der Waals surface area contributed by atoms with Crippen LogP contribution in [0.1, 0.15) is 10.4 Å². The number of aromatic nitrogens is 1. The van der Waals surface area contributed by atoms with Crippen molar-refractivity contribution in [1.29, 1.82) is 0 Å². The molecule has 0 atom stereocenters. The van der Waals surface area contributed by atoms with Gasteiger partial charge in [-0.25, -0.2) is 14.2 Å². The molecule has 0 saturated heterocycles. The van der Waals surface area contributed by atoms with Crippen molar-refractivity contribution in [2.75, 3.05) is 18.5 Å². The van der Waals surface area contributed by atoms with Crippen molar-refractivity contribution in [3.05, 3.63) is 84.4 Å². The van der Waals surface area contributed by atoms with Gasteiger partial charge in [-0.1, -0.05) is 18.2 Å². The van der Waals surface area contributed by atoms with Crippen LogP contribution in [0.5, 0.6) is 0 Å². The molecule has 0 saturated carbocycles. The molecule has 0 unspecified atom stereocenters.